The van der Waals surface area contributed by atoms with Gasteiger partial charge in [0.2, 0.25) is 5.43 Å². The summed E-state index contributed by atoms with van der Waals surface area (Å²) in [4.78, 5) is 11.7. The molecule has 0 amide bonds. The minimum absolute atomic E-state index is 0.00424. The molecule has 2 rings (SSSR count). The Bertz CT molecular complexity index is 672. The van der Waals surface area contributed by atoms with E-state index in [0.29, 0.717) is 5.75 Å². The Morgan fingerprint density at radius 1 is 1.26 bits per heavy atom. The standard InChI is InChI=1S/C13H12ClIN2O2/c1-6-4-7(2)11(15)12(8(6)3)19-13-9(18)5-10(14)16-17-13/h4-5H,1-3H3,(H,16,18). The number of rotatable bonds is 2. The molecule has 0 radical (unpaired) electrons. The number of hydrogen-bond donors (Lipinski definition) is 1. The third-order valence-corrected chi connectivity index (χ3v) is 4.38. The molecule has 19 heavy (non-hydrogen) atoms. The molecular formula is C13H12ClIN2O2. The van der Waals surface area contributed by atoms with Crippen LogP contribution in [0.2, 0.25) is 5.15 Å². The first-order valence-corrected chi connectivity index (χ1v) is 7.05. The van der Waals surface area contributed by atoms with Crippen LogP contribution in [0.4, 0.5) is 0 Å². The van der Waals surface area contributed by atoms with Gasteiger partial charge in [0.15, 0.2) is 0 Å². The second-order valence-corrected chi connectivity index (χ2v) is 5.75. The maximum absolute atomic E-state index is 11.7. The van der Waals surface area contributed by atoms with Gasteiger partial charge in [0, 0.05) is 6.07 Å². The maximum Gasteiger partial charge on any atom is 0.285 e. The predicted molar refractivity (Wildman–Crippen MR) is 83.3 cm³/mol. The van der Waals surface area contributed by atoms with Crippen LogP contribution in [0.3, 0.4) is 0 Å². The van der Waals surface area contributed by atoms with Gasteiger partial charge in [-0.25, -0.2) is 0 Å². The van der Waals surface area contributed by atoms with E-state index in [2.05, 4.69) is 38.9 Å². The van der Waals surface area contributed by atoms with E-state index in [1.54, 1.807) is 0 Å². The third-order valence-electron chi connectivity index (χ3n) is 2.84. The first kappa shape index (κ1) is 14.3. The lowest BCUT2D eigenvalue weighted by molar-refractivity contribution is 0.443. The number of aromatic amines is 1. The molecule has 0 aliphatic carbocycles. The zero-order chi connectivity index (χ0) is 14.2. The number of ether oxygens (including phenoxy) is 1. The molecule has 6 heteroatoms. The van der Waals surface area contributed by atoms with E-state index in [0.717, 1.165) is 20.3 Å². The fraction of sp³-hybridized carbons (Fsp3) is 0.231. The van der Waals surface area contributed by atoms with Gasteiger partial charge in [-0.2, -0.15) is 0 Å². The van der Waals surface area contributed by atoms with Crippen molar-refractivity contribution in [2.45, 2.75) is 20.8 Å². The van der Waals surface area contributed by atoms with Crippen molar-refractivity contribution in [3.63, 3.8) is 0 Å². The Hall–Kier alpha value is -1.08. The molecule has 1 heterocycles. The normalized spacial score (nSPS) is 10.6. The molecular weight excluding hydrogens is 379 g/mol. The van der Waals surface area contributed by atoms with Gasteiger partial charge < -0.3 is 4.74 Å². The van der Waals surface area contributed by atoms with Crippen LogP contribution in [0, 0.1) is 24.3 Å². The number of hydrogen-bond acceptors (Lipinski definition) is 3. The van der Waals surface area contributed by atoms with Crippen LogP contribution < -0.4 is 10.2 Å². The maximum atomic E-state index is 11.7. The highest BCUT2D eigenvalue weighted by Crippen LogP contribution is 2.32. The highest BCUT2D eigenvalue weighted by atomic mass is 127. The third kappa shape index (κ3) is 2.92. The summed E-state index contributed by atoms with van der Waals surface area (Å²) in [7, 11) is 0. The number of nitrogens with one attached hydrogen (secondary N) is 1. The molecule has 0 saturated carbocycles. The topological polar surface area (TPSA) is 55.0 Å². The van der Waals surface area contributed by atoms with Gasteiger partial charge in [0.05, 0.1) is 3.57 Å². The second-order valence-electron chi connectivity index (χ2n) is 4.27. The summed E-state index contributed by atoms with van der Waals surface area (Å²) in [6, 6.07) is 3.33. The highest BCUT2D eigenvalue weighted by molar-refractivity contribution is 14.1. The minimum Gasteiger partial charge on any atom is -0.433 e. The van der Waals surface area contributed by atoms with Crippen LogP contribution in [0.15, 0.2) is 16.9 Å². The van der Waals surface area contributed by atoms with E-state index in [1.165, 1.54) is 6.07 Å². The van der Waals surface area contributed by atoms with Crippen molar-refractivity contribution in [2.24, 2.45) is 0 Å². The average molecular weight is 391 g/mol. The van der Waals surface area contributed by atoms with Gasteiger partial charge in [0.25, 0.3) is 5.88 Å². The van der Waals surface area contributed by atoms with Crippen molar-refractivity contribution in [2.75, 3.05) is 0 Å². The molecule has 0 spiro atoms. The van der Waals surface area contributed by atoms with E-state index in [1.807, 2.05) is 20.8 Å². The Kier molecular flexibility index (Phi) is 4.15. The number of nitrogens with zero attached hydrogens (tertiary/aromatic N) is 1. The lowest BCUT2D eigenvalue weighted by Gasteiger charge is -2.13. The smallest absolute Gasteiger partial charge is 0.285 e. The van der Waals surface area contributed by atoms with E-state index < -0.39 is 0 Å². The second kappa shape index (κ2) is 5.50. The molecule has 0 atom stereocenters. The Morgan fingerprint density at radius 2 is 1.95 bits per heavy atom. The summed E-state index contributed by atoms with van der Waals surface area (Å²) in [6.45, 7) is 5.96. The SMILES string of the molecule is Cc1cc(C)c(I)c(Oc2n[nH]c(Cl)cc2=O)c1C. The lowest BCUT2D eigenvalue weighted by Crippen LogP contribution is -2.09. The monoisotopic (exact) mass is 390 g/mol. The zero-order valence-electron chi connectivity index (χ0n) is 10.7. The lowest BCUT2D eigenvalue weighted by atomic mass is 10.1. The number of aryl methyl sites for hydroxylation is 2. The molecule has 100 valence electrons. The highest BCUT2D eigenvalue weighted by Gasteiger charge is 2.14. The van der Waals surface area contributed by atoms with E-state index >= 15 is 0 Å². The van der Waals surface area contributed by atoms with Gasteiger partial charge in [-0.15, -0.1) is 5.10 Å². The predicted octanol–water partition coefficient (Wildman–Crippen LogP) is 3.75. The summed E-state index contributed by atoms with van der Waals surface area (Å²) >= 11 is 7.86. The van der Waals surface area contributed by atoms with Gasteiger partial charge in [-0.05, 0) is 60.1 Å². The quantitative estimate of drug-likeness (QED) is 0.795. The summed E-state index contributed by atoms with van der Waals surface area (Å²) in [6.07, 6.45) is 0. The molecule has 1 aromatic carbocycles. The molecule has 0 fully saturated rings. The van der Waals surface area contributed by atoms with Crippen LogP contribution in [-0.2, 0) is 0 Å². The van der Waals surface area contributed by atoms with Crippen LogP contribution in [0.1, 0.15) is 16.7 Å². The number of halogens is 2. The van der Waals surface area contributed by atoms with Crippen LogP contribution in [-0.4, -0.2) is 10.2 Å². The average Bonchev–Trinajstić information content (AvgIpc) is 2.34. The molecule has 2 aromatic rings. The van der Waals surface area contributed by atoms with Crippen LogP contribution in [0.5, 0.6) is 11.6 Å². The van der Waals surface area contributed by atoms with Gasteiger partial charge >= 0.3 is 0 Å². The summed E-state index contributed by atoms with van der Waals surface area (Å²) < 4.78 is 6.64. The number of aromatic nitrogens is 2. The summed E-state index contributed by atoms with van der Waals surface area (Å²) in [5.74, 6) is 0.661. The van der Waals surface area contributed by atoms with Crippen molar-refractivity contribution in [3.05, 3.63) is 47.8 Å². The van der Waals surface area contributed by atoms with Crippen molar-refractivity contribution in [1.82, 2.24) is 10.2 Å². The Balaban J connectivity index is 2.52. The molecule has 1 aromatic heterocycles. The largest absolute Gasteiger partial charge is 0.433 e. The molecule has 0 aliphatic rings. The van der Waals surface area contributed by atoms with Gasteiger partial charge in [0.1, 0.15) is 10.9 Å². The minimum atomic E-state index is -0.349. The Morgan fingerprint density at radius 3 is 2.58 bits per heavy atom. The van der Waals surface area contributed by atoms with Gasteiger partial charge in [-0.3, -0.25) is 9.89 Å². The molecule has 0 saturated heterocycles. The van der Waals surface area contributed by atoms with E-state index in [4.69, 9.17) is 16.3 Å². The van der Waals surface area contributed by atoms with Crippen LogP contribution in [0.25, 0.3) is 0 Å². The first-order chi connectivity index (χ1) is 8.90. The summed E-state index contributed by atoms with van der Waals surface area (Å²) in [5.41, 5.74) is 2.85. The first-order valence-electron chi connectivity index (χ1n) is 5.59. The van der Waals surface area contributed by atoms with E-state index in [9.17, 15) is 4.79 Å². The zero-order valence-corrected chi connectivity index (χ0v) is 13.6. The fourth-order valence-electron chi connectivity index (χ4n) is 1.68. The molecule has 0 aliphatic heterocycles. The van der Waals surface area contributed by atoms with Gasteiger partial charge in [-0.1, -0.05) is 17.7 Å². The molecule has 0 bridgehead atoms. The number of benzene rings is 1. The van der Waals surface area contributed by atoms with Crippen molar-refractivity contribution in [3.8, 4) is 11.6 Å². The van der Waals surface area contributed by atoms with Crippen molar-refractivity contribution in [1.29, 1.82) is 0 Å². The summed E-state index contributed by atoms with van der Waals surface area (Å²) in [5, 5.41) is 6.52. The van der Waals surface area contributed by atoms with E-state index in [-0.39, 0.29) is 16.5 Å². The Labute approximate surface area is 129 Å². The van der Waals surface area contributed by atoms with Crippen molar-refractivity contribution >= 4 is 34.2 Å². The van der Waals surface area contributed by atoms with Crippen LogP contribution >= 0.6 is 34.2 Å². The molecule has 0 unspecified atom stereocenters. The molecule has 1 N–H and O–H groups in total. The number of H-pyrrole nitrogens is 1. The van der Waals surface area contributed by atoms with Crippen molar-refractivity contribution < 1.29 is 4.74 Å². The molecule has 4 nitrogen and oxygen atoms in total. The fourth-order valence-corrected chi connectivity index (χ4v) is 2.49.